The molecule has 6 heteroatoms. The van der Waals surface area contributed by atoms with E-state index in [9.17, 15) is 19.8 Å². The van der Waals surface area contributed by atoms with Crippen LogP contribution in [0.1, 0.15) is 97.3 Å². The van der Waals surface area contributed by atoms with Crippen LogP contribution in [0.25, 0.3) is 0 Å². The van der Waals surface area contributed by atoms with Crippen LogP contribution in [0.15, 0.2) is 12.2 Å². The van der Waals surface area contributed by atoms with Crippen LogP contribution in [-0.2, 0) is 14.3 Å². The van der Waals surface area contributed by atoms with Crippen molar-refractivity contribution in [1.82, 2.24) is 0 Å². The van der Waals surface area contributed by atoms with Gasteiger partial charge < -0.3 is 20.1 Å². The zero-order chi connectivity index (χ0) is 21.9. The monoisotopic (exact) mass is 414 g/mol. The van der Waals surface area contributed by atoms with Crippen molar-refractivity contribution in [2.45, 2.75) is 116 Å². The Morgan fingerprint density at radius 3 is 2.24 bits per heavy atom. The average Bonchev–Trinajstić information content (AvgIpc) is 2.70. The Bertz CT molecular complexity index is 449. The van der Waals surface area contributed by atoms with Crippen LogP contribution in [0, 0.1) is 0 Å². The van der Waals surface area contributed by atoms with Gasteiger partial charge >= 0.3 is 5.97 Å². The van der Waals surface area contributed by atoms with Gasteiger partial charge in [0.15, 0.2) is 11.9 Å². The van der Waals surface area contributed by atoms with Crippen molar-refractivity contribution in [2.75, 3.05) is 6.61 Å². The first kappa shape index (κ1) is 27.8. The van der Waals surface area contributed by atoms with Crippen molar-refractivity contribution >= 4 is 11.8 Å². The maximum absolute atomic E-state index is 11.7. The van der Waals surface area contributed by atoms with Gasteiger partial charge in [0, 0.05) is 6.42 Å². The molecule has 0 fully saturated rings. The van der Waals surface area contributed by atoms with E-state index in [-0.39, 0.29) is 12.5 Å². The molecule has 0 bridgehead atoms. The van der Waals surface area contributed by atoms with E-state index in [4.69, 9.17) is 9.84 Å². The molecule has 3 N–H and O–H groups in total. The van der Waals surface area contributed by atoms with Gasteiger partial charge in [0.05, 0.1) is 12.7 Å². The number of carbonyl (C=O) groups is 2. The molecule has 170 valence electrons. The summed E-state index contributed by atoms with van der Waals surface area (Å²) in [4.78, 5) is 23.1. The number of allylic oxidation sites excluding steroid dienone is 1. The number of ether oxygens (including phenoxy) is 1. The van der Waals surface area contributed by atoms with E-state index < -0.39 is 30.6 Å². The van der Waals surface area contributed by atoms with Gasteiger partial charge in [-0.3, -0.25) is 9.59 Å². The van der Waals surface area contributed by atoms with Crippen LogP contribution >= 0.6 is 0 Å². The summed E-state index contributed by atoms with van der Waals surface area (Å²) in [6.45, 7) is 2.79. The van der Waals surface area contributed by atoms with Crippen LogP contribution in [0.3, 0.4) is 0 Å². The third-order valence-electron chi connectivity index (χ3n) is 4.91. The smallest absolute Gasteiger partial charge is 0.306 e. The number of carbonyl (C=O) groups excluding carboxylic acids is 2. The summed E-state index contributed by atoms with van der Waals surface area (Å²) in [5.74, 6) is -0.995. The fourth-order valence-corrected chi connectivity index (χ4v) is 3.09. The van der Waals surface area contributed by atoms with Gasteiger partial charge in [-0.05, 0) is 39.0 Å². The largest absolute Gasteiger partial charge is 0.451 e. The number of rotatable bonds is 19. The normalized spacial score (nSPS) is 14.7. The fraction of sp³-hybridized carbons (Fsp3) is 0.826. The van der Waals surface area contributed by atoms with Gasteiger partial charge in [0.25, 0.3) is 0 Å². The molecule has 0 radical (unpaired) electrons. The molecule has 0 saturated carbocycles. The number of unbranched alkanes of at least 4 members (excludes halogenated alkanes) is 8. The quantitative estimate of drug-likeness (QED) is 0.168. The number of aliphatic hydroxyl groups excluding tert-OH is 3. The van der Waals surface area contributed by atoms with Crippen LogP contribution < -0.4 is 0 Å². The van der Waals surface area contributed by atoms with Crippen molar-refractivity contribution in [2.24, 2.45) is 0 Å². The van der Waals surface area contributed by atoms with Gasteiger partial charge in [0.2, 0.25) is 0 Å². The molecule has 0 spiro atoms. The Balaban J connectivity index is 3.63. The molecule has 0 aromatic carbocycles. The highest BCUT2D eigenvalue weighted by atomic mass is 16.6. The summed E-state index contributed by atoms with van der Waals surface area (Å²) in [7, 11) is 0. The van der Waals surface area contributed by atoms with E-state index in [0.717, 1.165) is 51.4 Å². The molecule has 6 nitrogen and oxygen atoms in total. The Morgan fingerprint density at radius 1 is 0.931 bits per heavy atom. The minimum atomic E-state index is -1.37. The summed E-state index contributed by atoms with van der Waals surface area (Å²) in [6, 6.07) is 0. The summed E-state index contributed by atoms with van der Waals surface area (Å²) < 4.78 is 4.96. The Kier molecular flexibility index (Phi) is 18.0. The summed E-state index contributed by atoms with van der Waals surface area (Å²) in [6.07, 6.45) is 13.7. The zero-order valence-electron chi connectivity index (χ0n) is 18.4. The molecule has 0 rings (SSSR count). The second-order valence-electron chi connectivity index (χ2n) is 7.79. The molecule has 29 heavy (non-hydrogen) atoms. The molecule has 0 aliphatic carbocycles. The van der Waals surface area contributed by atoms with Gasteiger partial charge in [-0.1, -0.05) is 64.0 Å². The molecule has 0 saturated heterocycles. The van der Waals surface area contributed by atoms with E-state index in [1.54, 1.807) is 0 Å². The predicted octanol–water partition coefficient (Wildman–Crippen LogP) is 3.85. The van der Waals surface area contributed by atoms with Crippen LogP contribution in [0.5, 0.6) is 0 Å². The lowest BCUT2D eigenvalue weighted by atomic mass is 10.1. The second kappa shape index (κ2) is 18.8. The average molecular weight is 415 g/mol. The first-order valence-electron chi connectivity index (χ1n) is 11.2. The van der Waals surface area contributed by atoms with Crippen molar-refractivity contribution in [3.8, 4) is 0 Å². The molecule has 0 aromatic rings. The molecule has 0 aromatic heterocycles. The maximum Gasteiger partial charge on any atom is 0.306 e. The van der Waals surface area contributed by atoms with E-state index >= 15 is 0 Å². The van der Waals surface area contributed by atoms with Crippen molar-refractivity contribution < 1.29 is 29.6 Å². The Hall–Kier alpha value is -1.24. The minimum Gasteiger partial charge on any atom is -0.451 e. The topological polar surface area (TPSA) is 104 Å². The number of hydrogen-bond acceptors (Lipinski definition) is 6. The molecule has 0 aliphatic heterocycles. The van der Waals surface area contributed by atoms with Crippen LogP contribution in [-0.4, -0.2) is 52.0 Å². The van der Waals surface area contributed by atoms with Crippen molar-refractivity contribution in [3.05, 3.63) is 12.2 Å². The second-order valence-corrected chi connectivity index (χ2v) is 7.79. The zero-order valence-corrected chi connectivity index (χ0v) is 18.4. The van der Waals surface area contributed by atoms with E-state index in [0.29, 0.717) is 6.42 Å². The Morgan fingerprint density at radius 2 is 1.59 bits per heavy atom. The van der Waals surface area contributed by atoms with Gasteiger partial charge in [-0.15, -0.1) is 0 Å². The van der Waals surface area contributed by atoms with Crippen LogP contribution in [0.2, 0.25) is 0 Å². The molecule has 0 amide bonds. The highest BCUT2D eigenvalue weighted by Crippen LogP contribution is 2.11. The SMILES string of the molecule is CCCCCC[C@@H](O)C/C=C\CCCCCCCC(=O)OC(C(C)=O)C(O)CO. The first-order valence-corrected chi connectivity index (χ1v) is 11.2. The first-order chi connectivity index (χ1) is 13.9. The van der Waals surface area contributed by atoms with Crippen molar-refractivity contribution in [1.29, 1.82) is 0 Å². The summed E-state index contributed by atoms with van der Waals surface area (Å²) >= 11 is 0. The summed E-state index contributed by atoms with van der Waals surface area (Å²) in [5.41, 5.74) is 0. The number of Topliss-reactive ketones (excluding diaryl/α,β-unsaturated/α-hetero) is 1. The van der Waals surface area contributed by atoms with E-state index in [1.165, 1.54) is 26.2 Å². The highest BCUT2D eigenvalue weighted by molar-refractivity contribution is 5.84. The van der Waals surface area contributed by atoms with Gasteiger partial charge in [0.1, 0.15) is 6.10 Å². The lowest BCUT2D eigenvalue weighted by Crippen LogP contribution is -2.39. The number of aliphatic hydroxyl groups is 3. The third-order valence-corrected chi connectivity index (χ3v) is 4.91. The maximum atomic E-state index is 11.7. The predicted molar refractivity (Wildman–Crippen MR) is 114 cm³/mol. The van der Waals surface area contributed by atoms with Crippen LogP contribution in [0.4, 0.5) is 0 Å². The van der Waals surface area contributed by atoms with Gasteiger partial charge in [-0.25, -0.2) is 0 Å². The molecule has 0 heterocycles. The number of hydrogen-bond donors (Lipinski definition) is 3. The molecular formula is C23H42O6. The minimum absolute atomic E-state index is 0.206. The Labute approximate surface area is 176 Å². The standard InChI is InChI=1S/C23H42O6/c1-3-4-5-12-15-20(26)16-13-10-8-6-7-9-11-14-17-22(28)29-23(19(2)25)21(27)18-24/h10,13,20-21,23-24,26-27H,3-9,11-12,14-18H2,1-2H3/b13-10-/t20-,21?,23?/m1/s1. The van der Waals surface area contributed by atoms with Crippen molar-refractivity contribution in [3.63, 3.8) is 0 Å². The highest BCUT2D eigenvalue weighted by Gasteiger charge is 2.26. The van der Waals surface area contributed by atoms with E-state index in [1.807, 2.05) is 0 Å². The van der Waals surface area contributed by atoms with E-state index in [2.05, 4.69) is 19.1 Å². The van der Waals surface area contributed by atoms with Gasteiger partial charge in [-0.2, -0.15) is 0 Å². The molecule has 0 aliphatic rings. The fourth-order valence-electron chi connectivity index (χ4n) is 3.09. The summed E-state index contributed by atoms with van der Waals surface area (Å²) in [5, 5.41) is 28.3. The third kappa shape index (κ3) is 16.3. The lowest BCUT2D eigenvalue weighted by Gasteiger charge is -2.19. The molecule has 3 atom stereocenters. The number of ketones is 1. The molecular weight excluding hydrogens is 372 g/mol. The molecule has 2 unspecified atom stereocenters. The lowest BCUT2D eigenvalue weighted by molar-refractivity contribution is -0.162. The number of esters is 1.